The van der Waals surface area contributed by atoms with Gasteiger partial charge in [0.05, 0.1) is 5.69 Å². The summed E-state index contributed by atoms with van der Waals surface area (Å²) in [6, 6.07) is 13.4. The number of hydrogen-bond donors (Lipinski definition) is 2. The summed E-state index contributed by atoms with van der Waals surface area (Å²) in [5.41, 5.74) is 2.27. The SMILES string of the molecule is Cc1cccc(/C=C/NC(=O)Nc2ccccc2F)c1. The molecule has 0 unspecified atom stereocenters. The number of carbonyl (C=O) groups is 1. The van der Waals surface area contributed by atoms with E-state index in [0.29, 0.717) is 0 Å². The summed E-state index contributed by atoms with van der Waals surface area (Å²) in [7, 11) is 0. The number of urea groups is 1. The van der Waals surface area contributed by atoms with Crippen LogP contribution in [0.3, 0.4) is 0 Å². The molecule has 0 spiro atoms. The lowest BCUT2D eigenvalue weighted by Gasteiger charge is -2.05. The van der Waals surface area contributed by atoms with Crippen LogP contribution in [-0.4, -0.2) is 6.03 Å². The Morgan fingerprint density at radius 2 is 1.95 bits per heavy atom. The van der Waals surface area contributed by atoms with Crippen LogP contribution in [0.15, 0.2) is 54.7 Å². The van der Waals surface area contributed by atoms with E-state index in [0.717, 1.165) is 11.1 Å². The van der Waals surface area contributed by atoms with Gasteiger partial charge in [-0.05, 0) is 30.7 Å². The van der Waals surface area contributed by atoms with E-state index < -0.39 is 11.8 Å². The number of hydrogen-bond acceptors (Lipinski definition) is 1. The molecule has 0 atom stereocenters. The Labute approximate surface area is 117 Å². The molecule has 0 saturated carbocycles. The second kappa shape index (κ2) is 6.52. The molecule has 0 aliphatic rings. The van der Waals surface area contributed by atoms with E-state index in [1.165, 1.54) is 18.3 Å². The van der Waals surface area contributed by atoms with Crippen molar-refractivity contribution in [3.8, 4) is 0 Å². The van der Waals surface area contributed by atoms with Crippen LogP contribution in [0.1, 0.15) is 11.1 Å². The largest absolute Gasteiger partial charge is 0.323 e. The summed E-state index contributed by atoms with van der Waals surface area (Å²) >= 11 is 0. The highest BCUT2D eigenvalue weighted by Gasteiger charge is 2.03. The molecule has 2 aromatic rings. The van der Waals surface area contributed by atoms with Gasteiger partial charge in [-0.1, -0.05) is 42.0 Å². The summed E-state index contributed by atoms with van der Waals surface area (Å²) in [5, 5.41) is 4.96. The number of halogens is 1. The molecule has 0 radical (unpaired) electrons. The van der Waals surface area contributed by atoms with Crippen molar-refractivity contribution in [2.45, 2.75) is 6.92 Å². The third-order valence-electron chi connectivity index (χ3n) is 2.65. The topological polar surface area (TPSA) is 41.1 Å². The summed E-state index contributed by atoms with van der Waals surface area (Å²) in [6.07, 6.45) is 3.29. The second-order valence-corrected chi connectivity index (χ2v) is 4.33. The van der Waals surface area contributed by atoms with Crippen LogP contribution in [0.25, 0.3) is 6.08 Å². The normalized spacial score (nSPS) is 10.5. The number of nitrogens with one attached hydrogen (secondary N) is 2. The number of rotatable bonds is 3. The zero-order valence-corrected chi connectivity index (χ0v) is 11.1. The quantitative estimate of drug-likeness (QED) is 0.871. The summed E-state index contributed by atoms with van der Waals surface area (Å²) in [5.74, 6) is -0.467. The lowest BCUT2D eigenvalue weighted by Crippen LogP contribution is -2.24. The predicted molar refractivity (Wildman–Crippen MR) is 78.8 cm³/mol. The first kappa shape index (κ1) is 13.8. The minimum Gasteiger partial charge on any atom is -0.314 e. The number of para-hydroxylation sites is 1. The Bertz CT molecular complexity index is 638. The maximum Gasteiger partial charge on any atom is 0.323 e. The molecule has 0 bridgehead atoms. The van der Waals surface area contributed by atoms with E-state index in [4.69, 9.17) is 0 Å². The van der Waals surface area contributed by atoms with Gasteiger partial charge in [0, 0.05) is 6.20 Å². The van der Waals surface area contributed by atoms with Crippen LogP contribution < -0.4 is 10.6 Å². The van der Waals surface area contributed by atoms with Crippen LogP contribution in [0.4, 0.5) is 14.9 Å². The fourth-order valence-electron chi connectivity index (χ4n) is 1.71. The van der Waals surface area contributed by atoms with Crippen LogP contribution in [0, 0.1) is 12.7 Å². The highest BCUT2D eigenvalue weighted by atomic mass is 19.1. The summed E-state index contributed by atoms with van der Waals surface area (Å²) < 4.78 is 13.3. The van der Waals surface area contributed by atoms with Crippen molar-refractivity contribution in [2.24, 2.45) is 0 Å². The third kappa shape index (κ3) is 3.95. The van der Waals surface area contributed by atoms with Gasteiger partial charge >= 0.3 is 6.03 Å². The fourth-order valence-corrected chi connectivity index (χ4v) is 1.71. The molecule has 0 aliphatic heterocycles. The first-order valence-corrected chi connectivity index (χ1v) is 6.20. The Kier molecular flexibility index (Phi) is 4.50. The van der Waals surface area contributed by atoms with Gasteiger partial charge in [0.15, 0.2) is 0 Å². The number of benzene rings is 2. The van der Waals surface area contributed by atoms with Crippen molar-refractivity contribution < 1.29 is 9.18 Å². The first-order chi connectivity index (χ1) is 9.65. The molecule has 2 aromatic carbocycles. The average molecular weight is 270 g/mol. The zero-order chi connectivity index (χ0) is 14.4. The molecule has 2 amide bonds. The standard InChI is InChI=1S/C16H15FN2O/c1-12-5-4-6-13(11-12)9-10-18-16(20)19-15-8-3-2-7-14(15)17/h2-11H,1H3,(H2,18,19,20)/b10-9+. The molecule has 4 heteroatoms. The minimum atomic E-state index is -0.487. The third-order valence-corrected chi connectivity index (χ3v) is 2.65. The molecule has 0 fully saturated rings. The van der Waals surface area contributed by atoms with Crippen LogP contribution in [-0.2, 0) is 0 Å². The van der Waals surface area contributed by atoms with Crippen molar-refractivity contribution in [2.75, 3.05) is 5.32 Å². The molecule has 3 nitrogen and oxygen atoms in total. The van der Waals surface area contributed by atoms with Gasteiger partial charge in [-0.25, -0.2) is 9.18 Å². The molecule has 102 valence electrons. The monoisotopic (exact) mass is 270 g/mol. The molecule has 2 N–H and O–H groups in total. The molecular weight excluding hydrogens is 255 g/mol. The molecule has 2 rings (SSSR count). The van der Waals surface area contributed by atoms with E-state index in [-0.39, 0.29) is 5.69 Å². The van der Waals surface area contributed by atoms with Crippen LogP contribution >= 0.6 is 0 Å². The molecular formula is C16H15FN2O. The zero-order valence-electron chi connectivity index (χ0n) is 11.1. The Balaban J connectivity index is 1.91. The van der Waals surface area contributed by atoms with Crippen molar-refractivity contribution in [3.63, 3.8) is 0 Å². The molecule has 0 saturated heterocycles. The van der Waals surface area contributed by atoms with E-state index >= 15 is 0 Å². The minimum absolute atomic E-state index is 0.147. The molecule has 0 heterocycles. The fraction of sp³-hybridized carbons (Fsp3) is 0.0625. The van der Waals surface area contributed by atoms with Gasteiger partial charge in [-0.3, -0.25) is 0 Å². The molecule has 0 aliphatic carbocycles. The molecule has 20 heavy (non-hydrogen) atoms. The van der Waals surface area contributed by atoms with Gasteiger partial charge < -0.3 is 10.6 Å². The highest BCUT2D eigenvalue weighted by Crippen LogP contribution is 2.11. The van der Waals surface area contributed by atoms with Crippen LogP contribution in [0.2, 0.25) is 0 Å². The van der Waals surface area contributed by atoms with Gasteiger partial charge in [-0.2, -0.15) is 0 Å². The van der Waals surface area contributed by atoms with Gasteiger partial charge in [0.2, 0.25) is 0 Å². The summed E-state index contributed by atoms with van der Waals surface area (Å²) in [4.78, 5) is 11.6. The smallest absolute Gasteiger partial charge is 0.314 e. The van der Waals surface area contributed by atoms with Crippen molar-refractivity contribution in [3.05, 3.63) is 71.7 Å². The summed E-state index contributed by atoms with van der Waals surface area (Å²) in [6.45, 7) is 2.00. The average Bonchev–Trinajstić information content (AvgIpc) is 2.41. The lowest BCUT2D eigenvalue weighted by atomic mass is 10.1. The van der Waals surface area contributed by atoms with Crippen molar-refractivity contribution >= 4 is 17.8 Å². The Morgan fingerprint density at radius 3 is 2.70 bits per heavy atom. The maximum atomic E-state index is 13.3. The Morgan fingerprint density at radius 1 is 1.15 bits per heavy atom. The molecule has 0 aromatic heterocycles. The number of aryl methyl sites for hydroxylation is 1. The predicted octanol–water partition coefficient (Wildman–Crippen LogP) is 3.93. The number of carbonyl (C=O) groups excluding carboxylic acids is 1. The van der Waals surface area contributed by atoms with Crippen molar-refractivity contribution in [1.29, 1.82) is 0 Å². The van der Waals surface area contributed by atoms with E-state index in [1.807, 2.05) is 31.2 Å². The first-order valence-electron chi connectivity index (χ1n) is 6.20. The van der Waals surface area contributed by atoms with Gasteiger partial charge in [-0.15, -0.1) is 0 Å². The maximum absolute atomic E-state index is 13.3. The van der Waals surface area contributed by atoms with Gasteiger partial charge in [0.25, 0.3) is 0 Å². The van der Waals surface area contributed by atoms with Gasteiger partial charge in [0.1, 0.15) is 5.82 Å². The van der Waals surface area contributed by atoms with Crippen LogP contribution in [0.5, 0.6) is 0 Å². The number of anilines is 1. The highest BCUT2D eigenvalue weighted by molar-refractivity contribution is 5.90. The van der Waals surface area contributed by atoms with E-state index in [9.17, 15) is 9.18 Å². The number of amides is 2. The second-order valence-electron chi connectivity index (χ2n) is 4.33. The van der Waals surface area contributed by atoms with Crippen molar-refractivity contribution in [1.82, 2.24) is 5.32 Å². The Hall–Kier alpha value is -2.62. The van der Waals surface area contributed by atoms with E-state index in [1.54, 1.807) is 18.2 Å². The lowest BCUT2D eigenvalue weighted by molar-refractivity contribution is 0.255. The van der Waals surface area contributed by atoms with E-state index in [2.05, 4.69) is 10.6 Å².